The molecule has 2 aliphatic rings. The van der Waals surface area contributed by atoms with Crippen LogP contribution in [0.1, 0.15) is 19.3 Å². The molecule has 3 N–H and O–H groups in total. The van der Waals surface area contributed by atoms with Crippen molar-refractivity contribution >= 4 is 17.9 Å². The topological polar surface area (TPSA) is 108 Å². The first-order valence-electron chi connectivity index (χ1n) is 7.11. The lowest BCUT2D eigenvalue weighted by molar-refractivity contribution is -0.137. The molecule has 0 aromatic carbocycles. The number of carbonyl (C=O) groups excluding carboxylic acids is 2. The molecule has 118 valence electrons. The number of aliphatic carboxylic acids is 1. The fourth-order valence-corrected chi connectivity index (χ4v) is 2.49. The molecule has 8 nitrogen and oxygen atoms in total. The molecule has 0 spiro atoms. The number of nitrogens with one attached hydrogen (secondary N) is 2. The van der Waals surface area contributed by atoms with E-state index in [-0.39, 0.29) is 30.9 Å². The highest BCUT2D eigenvalue weighted by molar-refractivity contribution is 5.87. The van der Waals surface area contributed by atoms with Crippen LogP contribution in [-0.4, -0.2) is 66.8 Å². The second-order valence-corrected chi connectivity index (χ2v) is 5.39. The molecule has 2 fully saturated rings. The highest BCUT2D eigenvalue weighted by Gasteiger charge is 2.37. The Bertz CT molecular complexity index is 424. The molecular formula is C13H21N3O5. The van der Waals surface area contributed by atoms with Gasteiger partial charge in [-0.15, -0.1) is 0 Å². The first-order valence-corrected chi connectivity index (χ1v) is 7.11. The largest absolute Gasteiger partial charge is 0.481 e. The minimum Gasteiger partial charge on any atom is -0.481 e. The summed E-state index contributed by atoms with van der Waals surface area (Å²) in [4.78, 5) is 36.4. The summed E-state index contributed by atoms with van der Waals surface area (Å²) in [6.45, 7) is 0.836. The third kappa shape index (κ3) is 4.07. The van der Waals surface area contributed by atoms with Crippen molar-refractivity contribution in [2.24, 2.45) is 5.92 Å². The summed E-state index contributed by atoms with van der Waals surface area (Å²) in [5.41, 5.74) is 0. The van der Waals surface area contributed by atoms with E-state index in [0.29, 0.717) is 13.2 Å². The van der Waals surface area contributed by atoms with Crippen molar-refractivity contribution in [1.29, 1.82) is 0 Å². The maximum absolute atomic E-state index is 12.3. The van der Waals surface area contributed by atoms with Gasteiger partial charge in [0.1, 0.15) is 6.04 Å². The lowest BCUT2D eigenvalue weighted by Gasteiger charge is -2.35. The van der Waals surface area contributed by atoms with Gasteiger partial charge in [0.05, 0.1) is 19.6 Å². The summed E-state index contributed by atoms with van der Waals surface area (Å²) in [7, 11) is 1.50. The van der Waals surface area contributed by atoms with E-state index in [1.807, 2.05) is 0 Å². The fourth-order valence-electron chi connectivity index (χ4n) is 2.49. The highest BCUT2D eigenvalue weighted by Crippen LogP contribution is 2.34. The number of carboxylic acids is 1. The SMILES string of the molecule is CNC(=O)C1COCCN1C(=O)NC(CC(=O)O)C1CC1. The van der Waals surface area contributed by atoms with E-state index < -0.39 is 18.0 Å². The molecule has 1 saturated heterocycles. The van der Waals surface area contributed by atoms with Gasteiger partial charge in [0.15, 0.2) is 0 Å². The predicted octanol–water partition coefficient (Wildman–Crippen LogP) is -0.604. The van der Waals surface area contributed by atoms with E-state index >= 15 is 0 Å². The number of urea groups is 1. The van der Waals surface area contributed by atoms with Crippen LogP contribution in [0.5, 0.6) is 0 Å². The molecule has 2 rings (SSSR count). The van der Waals surface area contributed by atoms with E-state index in [1.165, 1.54) is 11.9 Å². The number of rotatable bonds is 5. The van der Waals surface area contributed by atoms with Crippen LogP contribution in [0.15, 0.2) is 0 Å². The van der Waals surface area contributed by atoms with Gasteiger partial charge in [-0.25, -0.2) is 4.79 Å². The van der Waals surface area contributed by atoms with Crippen molar-refractivity contribution in [1.82, 2.24) is 15.5 Å². The highest BCUT2D eigenvalue weighted by atomic mass is 16.5. The Labute approximate surface area is 122 Å². The van der Waals surface area contributed by atoms with Crippen molar-refractivity contribution in [2.75, 3.05) is 26.8 Å². The number of nitrogens with zero attached hydrogens (tertiary/aromatic N) is 1. The molecule has 2 atom stereocenters. The van der Waals surface area contributed by atoms with Gasteiger partial charge in [0.2, 0.25) is 5.91 Å². The normalized spacial score (nSPS) is 23.3. The Hall–Kier alpha value is -1.83. The molecule has 2 unspecified atom stereocenters. The average Bonchev–Trinajstić information content (AvgIpc) is 3.29. The number of carbonyl (C=O) groups is 3. The van der Waals surface area contributed by atoms with Gasteiger partial charge in [0.25, 0.3) is 0 Å². The van der Waals surface area contributed by atoms with Crippen LogP contribution in [-0.2, 0) is 14.3 Å². The molecule has 0 bridgehead atoms. The number of hydrogen-bond donors (Lipinski definition) is 3. The van der Waals surface area contributed by atoms with Gasteiger partial charge in [-0.1, -0.05) is 0 Å². The van der Waals surface area contributed by atoms with Crippen molar-refractivity contribution in [2.45, 2.75) is 31.3 Å². The van der Waals surface area contributed by atoms with Crippen LogP contribution in [0, 0.1) is 5.92 Å². The van der Waals surface area contributed by atoms with Crippen LogP contribution < -0.4 is 10.6 Å². The number of likely N-dealkylation sites (N-methyl/N-ethyl adjacent to an activating group) is 1. The summed E-state index contributed by atoms with van der Waals surface area (Å²) < 4.78 is 5.24. The molecule has 8 heteroatoms. The zero-order valence-electron chi connectivity index (χ0n) is 12.0. The molecule has 1 aliphatic heterocycles. The van der Waals surface area contributed by atoms with Gasteiger partial charge in [-0.3, -0.25) is 9.59 Å². The molecular weight excluding hydrogens is 278 g/mol. The number of ether oxygens (including phenoxy) is 1. The van der Waals surface area contributed by atoms with Gasteiger partial charge in [0, 0.05) is 19.6 Å². The Morgan fingerprint density at radius 3 is 2.67 bits per heavy atom. The molecule has 1 heterocycles. The summed E-state index contributed by atoms with van der Waals surface area (Å²) in [6, 6.07) is -1.44. The van der Waals surface area contributed by atoms with Crippen molar-refractivity contribution < 1.29 is 24.2 Å². The van der Waals surface area contributed by atoms with Crippen molar-refractivity contribution in [3.8, 4) is 0 Å². The third-order valence-electron chi connectivity index (χ3n) is 3.83. The zero-order chi connectivity index (χ0) is 15.4. The fraction of sp³-hybridized carbons (Fsp3) is 0.769. The molecule has 1 saturated carbocycles. The second-order valence-electron chi connectivity index (χ2n) is 5.39. The Kier molecular flexibility index (Phi) is 5.00. The first-order chi connectivity index (χ1) is 10.0. The van der Waals surface area contributed by atoms with E-state index in [1.54, 1.807) is 0 Å². The van der Waals surface area contributed by atoms with Crippen LogP contribution in [0.25, 0.3) is 0 Å². The van der Waals surface area contributed by atoms with Crippen molar-refractivity contribution in [3.63, 3.8) is 0 Å². The van der Waals surface area contributed by atoms with E-state index in [2.05, 4.69) is 10.6 Å². The summed E-state index contributed by atoms with van der Waals surface area (Å²) in [5, 5.41) is 14.2. The molecule has 0 aromatic rings. The summed E-state index contributed by atoms with van der Waals surface area (Å²) in [5.74, 6) is -0.993. The van der Waals surface area contributed by atoms with Gasteiger partial charge < -0.3 is 25.4 Å². The lowest BCUT2D eigenvalue weighted by atomic mass is 10.1. The van der Waals surface area contributed by atoms with Crippen LogP contribution in [0.3, 0.4) is 0 Å². The number of hydrogen-bond acceptors (Lipinski definition) is 4. The second kappa shape index (κ2) is 6.75. The maximum Gasteiger partial charge on any atom is 0.318 e. The molecule has 3 amide bonds. The third-order valence-corrected chi connectivity index (χ3v) is 3.83. The molecule has 1 aliphatic carbocycles. The number of amides is 3. The summed E-state index contributed by atoms with van der Waals surface area (Å²) >= 11 is 0. The van der Waals surface area contributed by atoms with E-state index in [9.17, 15) is 14.4 Å². The molecule has 0 aromatic heterocycles. The minimum atomic E-state index is -0.933. The predicted molar refractivity (Wildman–Crippen MR) is 72.7 cm³/mol. The van der Waals surface area contributed by atoms with Gasteiger partial charge in [-0.2, -0.15) is 0 Å². The van der Waals surface area contributed by atoms with Crippen LogP contribution in [0.4, 0.5) is 4.79 Å². The minimum absolute atomic E-state index is 0.0919. The lowest BCUT2D eigenvalue weighted by Crippen LogP contribution is -2.59. The zero-order valence-corrected chi connectivity index (χ0v) is 12.0. The average molecular weight is 299 g/mol. The Morgan fingerprint density at radius 2 is 2.10 bits per heavy atom. The van der Waals surface area contributed by atoms with Crippen LogP contribution in [0.2, 0.25) is 0 Å². The van der Waals surface area contributed by atoms with Crippen molar-refractivity contribution in [3.05, 3.63) is 0 Å². The molecule has 0 radical (unpaired) electrons. The standard InChI is InChI=1S/C13H21N3O5/c1-14-12(19)10-7-21-5-4-16(10)13(20)15-9(6-11(17)18)8-2-3-8/h8-10H,2-7H2,1H3,(H,14,19)(H,15,20)(H,17,18). The van der Waals surface area contributed by atoms with Gasteiger partial charge >= 0.3 is 12.0 Å². The molecule has 21 heavy (non-hydrogen) atoms. The quantitative estimate of drug-likeness (QED) is 0.628. The smallest absolute Gasteiger partial charge is 0.318 e. The number of morpholine rings is 1. The Balaban J connectivity index is 1.98. The van der Waals surface area contributed by atoms with Crippen LogP contribution >= 0.6 is 0 Å². The maximum atomic E-state index is 12.3. The van der Waals surface area contributed by atoms with E-state index in [4.69, 9.17) is 9.84 Å². The Morgan fingerprint density at radius 1 is 1.38 bits per heavy atom. The monoisotopic (exact) mass is 299 g/mol. The van der Waals surface area contributed by atoms with Gasteiger partial charge in [-0.05, 0) is 18.8 Å². The van der Waals surface area contributed by atoms with E-state index in [0.717, 1.165) is 12.8 Å². The number of carboxylic acid groups (broad SMARTS) is 1. The summed E-state index contributed by atoms with van der Waals surface area (Å²) in [6.07, 6.45) is 1.77. The first kappa shape index (κ1) is 15.6.